The molecule has 3 N–H and O–H groups in total. The molecule has 0 atom stereocenters. The fraction of sp³-hybridized carbons (Fsp3) is 0.353. The number of ether oxygens (including phenoxy) is 1. The molecular formula is C51H56ClN9O5S. The maximum Gasteiger partial charge on any atom is 0.278 e. The van der Waals surface area contributed by atoms with Crippen LogP contribution in [0, 0.1) is 29.6 Å². The molecule has 0 unspecified atom stereocenters. The van der Waals surface area contributed by atoms with E-state index in [0.29, 0.717) is 53.6 Å². The molecule has 0 aliphatic rings. The van der Waals surface area contributed by atoms with Crippen LogP contribution in [0.2, 0.25) is 5.02 Å². The number of nitrogens with one attached hydrogen (secondary N) is 3. The third-order valence-corrected chi connectivity index (χ3v) is 12.1. The number of fused-ring (bicyclic) bond motifs is 1. The van der Waals surface area contributed by atoms with Crippen molar-refractivity contribution in [3.63, 3.8) is 0 Å². The van der Waals surface area contributed by atoms with E-state index < -0.39 is 11.5 Å². The highest BCUT2D eigenvalue weighted by Crippen LogP contribution is 2.30. The molecule has 6 aromatic rings. The molecule has 16 heteroatoms. The van der Waals surface area contributed by atoms with Crippen LogP contribution in [0.4, 0.5) is 28.4 Å². The van der Waals surface area contributed by atoms with Gasteiger partial charge in [-0.15, -0.1) is 0 Å². The van der Waals surface area contributed by atoms with Crippen LogP contribution in [-0.4, -0.2) is 46.9 Å². The summed E-state index contributed by atoms with van der Waals surface area (Å²) >= 11 is 8.08. The summed E-state index contributed by atoms with van der Waals surface area (Å²) in [4.78, 5) is 53.1. The van der Waals surface area contributed by atoms with Crippen molar-refractivity contribution in [1.82, 2.24) is 9.55 Å². The zero-order chi connectivity index (χ0) is 47.4. The number of thiophene rings is 1. The van der Waals surface area contributed by atoms with Gasteiger partial charge < -0.3 is 30.0 Å². The predicted octanol–water partition coefficient (Wildman–Crippen LogP) is 12.1. The average molecular weight is 943 g/mol. The number of aryl methyl sites for hydroxylation is 1. The molecule has 67 heavy (non-hydrogen) atoms. The number of amides is 2. The number of nitriles is 2. The number of benzene rings is 3. The molecule has 0 fully saturated rings. The molecule has 0 bridgehead atoms. The van der Waals surface area contributed by atoms with Gasteiger partial charge in [-0.25, -0.2) is 4.99 Å². The van der Waals surface area contributed by atoms with E-state index in [1.165, 1.54) is 73.2 Å². The van der Waals surface area contributed by atoms with Crippen molar-refractivity contribution in [2.75, 3.05) is 40.7 Å². The Kier molecular flexibility index (Phi) is 19.0. The Labute approximate surface area is 400 Å². The third kappa shape index (κ3) is 14.0. The van der Waals surface area contributed by atoms with Crippen LogP contribution in [0.3, 0.4) is 0 Å². The molecule has 6 rings (SSSR count). The minimum Gasteiger partial charge on any atom is -0.471 e. The van der Waals surface area contributed by atoms with E-state index in [-0.39, 0.29) is 58.8 Å². The van der Waals surface area contributed by atoms with Crippen molar-refractivity contribution >= 4 is 80.0 Å². The minimum absolute atomic E-state index is 0.0206. The summed E-state index contributed by atoms with van der Waals surface area (Å²) in [7, 11) is 0. The zero-order valence-corrected chi connectivity index (χ0v) is 39.6. The number of furan rings is 1. The smallest absolute Gasteiger partial charge is 0.278 e. The van der Waals surface area contributed by atoms with E-state index in [1.54, 1.807) is 47.8 Å². The topological polar surface area (TPSA) is 191 Å². The number of unbranched alkanes of at least 4 members (excludes halogenated alkanes) is 9. The second kappa shape index (κ2) is 25.7. The quantitative estimate of drug-likeness (QED) is 0.0268. The van der Waals surface area contributed by atoms with Crippen LogP contribution in [0.1, 0.15) is 102 Å². The fourth-order valence-electron chi connectivity index (χ4n) is 7.51. The summed E-state index contributed by atoms with van der Waals surface area (Å²) < 4.78 is 13.0. The summed E-state index contributed by atoms with van der Waals surface area (Å²) in [6.45, 7) is 4.95. The number of nitrogens with zero attached hydrogens (tertiary/aromatic N) is 6. The zero-order valence-electron chi connectivity index (χ0n) is 38.0. The van der Waals surface area contributed by atoms with E-state index >= 15 is 0 Å². The Morgan fingerprint density at radius 2 is 1.63 bits per heavy atom. The van der Waals surface area contributed by atoms with E-state index in [2.05, 4.69) is 40.0 Å². The number of rotatable bonds is 26. The average Bonchev–Trinajstić information content (AvgIpc) is 4.04. The number of hydrogen-bond donors (Lipinski definition) is 3. The van der Waals surface area contributed by atoms with Crippen molar-refractivity contribution in [3.05, 3.63) is 117 Å². The molecule has 0 saturated carbocycles. The second-order valence-corrected chi connectivity index (χ2v) is 17.2. The van der Waals surface area contributed by atoms with Gasteiger partial charge in [0.15, 0.2) is 18.3 Å². The van der Waals surface area contributed by atoms with Gasteiger partial charge in [0.25, 0.3) is 11.5 Å². The van der Waals surface area contributed by atoms with Crippen LogP contribution in [0.25, 0.3) is 16.8 Å². The molecule has 3 aromatic carbocycles. The van der Waals surface area contributed by atoms with Crippen molar-refractivity contribution in [2.24, 2.45) is 4.99 Å². The molecular weight excluding hydrogens is 886 g/mol. The molecule has 0 aliphatic heterocycles. The lowest BCUT2D eigenvalue weighted by Gasteiger charge is -2.23. The number of carbonyl (C=O) groups is 2. The van der Waals surface area contributed by atoms with Crippen molar-refractivity contribution in [1.29, 1.82) is 10.5 Å². The number of halogens is 1. The Hall–Kier alpha value is -6.94. The van der Waals surface area contributed by atoms with Crippen molar-refractivity contribution < 1.29 is 18.7 Å². The monoisotopic (exact) mass is 941 g/mol. The van der Waals surface area contributed by atoms with Crippen LogP contribution in [-0.2, 0) is 9.59 Å². The Morgan fingerprint density at radius 1 is 0.896 bits per heavy atom. The van der Waals surface area contributed by atoms with Crippen LogP contribution < -0.4 is 31.1 Å². The maximum atomic E-state index is 14.7. The molecule has 3 heterocycles. The van der Waals surface area contributed by atoms with Gasteiger partial charge in [0.1, 0.15) is 11.1 Å². The first kappa shape index (κ1) is 49.5. The lowest BCUT2D eigenvalue weighted by atomic mass is 10.1. The first-order valence-corrected chi connectivity index (χ1v) is 24.1. The summed E-state index contributed by atoms with van der Waals surface area (Å²) in [5.74, 6) is -0.348. The van der Waals surface area contributed by atoms with Gasteiger partial charge in [-0.2, -0.15) is 26.8 Å². The normalized spacial score (nSPS) is 11.2. The summed E-state index contributed by atoms with van der Waals surface area (Å²) in [5.41, 5.74) is 3.12. The van der Waals surface area contributed by atoms with Crippen LogP contribution in [0.15, 0.2) is 104 Å². The number of aromatic nitrogens is 2. The van der Waals surface area contributed by atoms with Gasteiger partial charge in [-0.3, -0.25) is 19.0 Å². The fourth-order valence-corrected chi connectivity index (χ4v) is 8.30. The minimum atomic E-state index is -0.715. The van der Waals surface area contributed by atoms with E-state index in [0.717, 1.165) is 24.9 Å². The first-order valence-electron chi connectivity index (χ1n) is 22.8. The second-order valence-electron chi connectivity index (χ2n) is 16.0. The Bertz CT molecular complexity index is 2750. The summed E-state index contributed by atoms with van der Waals surface area (Å²) in [6.07, 6.45) is 14.3. The molecule has 3 aromatic heterocycles. The maximum absolute atomic E-state index is 14.7. The van der Waals surface area contributed by atoms with E-state index in [4.69, 9.17) is 25.7 Å². The van der Waals surface area contributed by atoms with Gasteiger partial charge in [-0.1, -0.05) is 88.4 Å². The number of anilines is 4. The van der Waals surface area contributed by atoms with Crippen LogP contribution >= 0.6 is 22.9 Å². The summed E-state index contributed by atoms with van der Waals surface area (Å²) in [6, 6.07) is 25.3. The highest BCUT2D eigenvalue weighted by molar-refractivity contribution is 7.08. The van der Waals surface area contributed by atoms with Gasteiger partial charge in [0, 0.05) is 36.3 Å². The molecule has 0 spiro atoms. The van der Waals surface area contributed by atoms with Gasteiger partial charge in [-0.05, 0) is 85.0 Å². The lowest BCUT2D eigenvalue weighted by molar-refractivity contribution is -0.116. The molecule has 14 nitrogen and oxygen atoms in total. The van der Waals surface area contributed by atoms with Crippen molar-refractivity contribution in [3.8, 4) is 23.6 Å². The molecule has 0 aliphatic carbocycles. The van der Waals surface area contributed by atoms with E-state index in [9.17, 15) is 24.9 Å². The first-order chi connectivity index (χ1) is 32.7. The largest absolute Gasteiger partial charge is 0.471 e. The molecule has 0 saturated heterocycles. The molecule has 0 radical (unpaired) electrons. The summed E-state index contributed by atoms with van der Waals surface area (Å²) in [5, 5.41) is 31.6. The Morgan fingerprint density at radius 3 is 2.33 bits per heavy atom. The van der Waals surface area contributed by atoms with Gasteiger partial charge in [0.05, 0.1) is 59.0 Å². The van der Waals surface area contributed by atoms with Crippen LogP contribution in [0.5, 0.6) is 5.75 Å². The SMILES string of the molecule is CCCCCCCCCCCCC(=O)Nc1ccccc1OCNc1ccc(Cl)c(NC(=O)/C(=N\c2ccc(N(CCC#N)CCC#N)cc2C)c2nc3occc3c(=O)n2-c2ccsc2)c1. The number of aliphatic imine (C=N–C) groups is 1. The number of para-hydroxylation sites is 2. The standard InChI is InChI=1S/C51H56ClN9O5S/c1-3-4-5-6-7-8-9-10-11-12-19-46(62)56-43-17-13-14-18-45(43)66-35-55-37-20-22-41(52)44(33-37)58-49(63)47(48-59-50-40(24-30-65-50)51(64)61(48)39-25-31-67-34-39)57-42-23-21-38(32-36(42)2)60(28-15-26-53)29-16-27-54/h13-14,17-18,20-25,30-34,55H,3-12,15-16,19,28-29,35H2,1-2H3,(H,56,62)(H,58,63)/b57-47-. The number of carbonyl (C=O) groups excluding carboxylic acids is 2. The van der Waals surface area contributed by atoms with Crippen molar-refractivity contribution in [2.45, 2.75) is 97.3 Å². The predicted molar refractivity (Wildman–Crippen MR) is 268 cm³/mol. The molecule has 348 valence electrons. The third-order valence-electron chi connectivity index (χ3n) is 11.1. The van der Waals surface area contributed by atoms with E-state index in [1.807, 2.05) is 41.5 Å². The lowest BCUT2D eigenvalue weighted by Crippen LogP contribution is -2.32. The molecule has 2 amide bonds. The number of hydrogen-bond acceptors (Lipinski definition) is 12. The highest BCUT2D eigenvalue weighted by Gasteiger charge is 2.26. The van der Waals surface area contributed by atoms with Gasteiger partial charge >= 0.3 is 0 Å². The highest BCUT2D eigenvalue weighted by atomic mass is 35.5. The van der Waals surface area contributed by atoms with Gasteiger partial charge in [0.2, 0.25) is 11.6 Å². The Balaban J connectivity index is 1.18.